The van der Waals surface area contributed by atoms with Crippen LogP contribution < -0.4 is 15.4 Å². The Kier molecular flexibility index (Phi) is 9.23. The van der Waals surface area contributed by atoms with Gasteiger partial charge < -0.3 is 15.4 Å². The van der Waals surface area contributed by atoms with E-state index in [1.165, 1.54) is 0 Å². The summed E-state index contributed by atoms with van der Waals surface area (Å²) < 4.78 is 5.89. The average Bonchev–Trinajstić information content (AvgIpc) is 2.59. The van der Waals surface area contributed by atoms with Gasteiger partial charge in [-0.15, -0.1) is 12.4 Å². The van der Waals surface area contributed by atoms with Crippen molar-refractivity contribution in [2.24, 2.45) is 0 Å². The lowest BCUT2D eigenvalue weighted by Gasteiger charge is -2.19. The van der Waals surface area contributed by atoms with E-state index in [1.54, 1.807) is 24.3 Å². The largest absolute Gasteiger partial charge is 0.476 e. The van der Waals surface area contributed by atoms with Crippen LogP contribution in [-0.4, -0.2) is 26.0 Å². The zero-order valence-corrected chi connectivity index (χ0v) is 15.1. The van der Waals surface area contributed by atoms with Crippen molar-refractivity contribution in [1.82, 2.24) is 10.6 Å². The molecule has 0 heterocycles. The van der Waals surface area contributed by atoms with E-state index < -0.39 is 6.10 Å². The first kappa shape index (κ1) is 20.3. The fraction of sp³-hybridized carbons (Fsp3) is 0.278. The van der Waals surface area contributed by atoms with Crippen LogP contribution in [0.1, 0.15) is 18.1 Å². The van der Waals surface area contributed by atoms with E-state index in [9.17, 15) is 4.79 Å². The number of rotatable bonds is 8. The van der Waals surface area contributed by atoms with Crippen molar-refractivity contribution in [3.8, 4) is 5.75 Å². The molecule has 0 aliphatic carbocycles. The van der Waals surface area contributed by atoms with Crippen LogP contribution in [0.25, 0.3) is 0 Å². The van der Waals surface area contributed by atoms with E-state index >= 15 is 0 Å². The third kappa shape index (κ3) is 6.40. The zero-order chi connectivity index (χ0) is 16.5. The zero-order valence-electron chi connectivity index (χ0n) is 13.5. The number of carbonyl (C=O) groups is 1. The molecule has 0 radical (unpaired) electrons. The minimum Gasteiger partial charge on any atom is -0.476 e. The minimum atomic E-state index is -0.688. The third-order valence-electron chi connectivity index (χ3n) is 3.31. The van der Waals surface area contributed by atoms with Crippen LogP contribution in [0.2, 0.25) is 5.02 Å². The molecular formula is C18H22Cl2N2O2. The molecule has 0 aliphatic heterocycles. The summed E-state index contributed by atoms with van der Waals surface area (Å²) in [5, 5.41) is 6.60. The van der Waals surface area contributed by atoms with Crippen molar-refractivity contribution >= 4 is 29.9 Å². The first-order chi connectivity index (χ1) is 11.2. The molecule has 4 nitrogen and oxygen atoms in total. The Bertz CT molecular complexity index is 606. The molecule has 130 valence electrons. The van der Waals surface area contributed by atoms with E-state index in [-0.39, 0.29) is 18.3 Å². The number of halogens is 2. The fourth-order valence-corrected chi connectivity index (χ4v) is 2.25. The number of carbonyl (C=O) groups excluding carboxylic acids is 1. The van der Waals surface area contributed by atoms with Gasteiger partial charge in [0.25, 0.3) is 5.91 Å². The van der Waals surface area contributed by atoms with Gasteiger partial charge in [0.05, 0.1) is 0 Å². The highest BCUT2D eigenvalue weighted by Gasteiger charge is 2.22. The Balaban J connectivity index is 0.00000288. The van der Waals surface area contributed by atoms with E-state index in [2.05, 4.69) is 10.6 Å². The van der Waals surface area contributed by atoms with Crippen molar-refractivity contribution in [3.63, 3.8) is 0 Å². The normalized spacial score (nSPS) is 11.2. The Labute approximate surface area is 154 Å². The summed E-state index contributed by atoms with van der Waals surface area (Å²) >= 11 is 5.89. The summed E-state index contributed by atoms with van der Waals surface area (Å²) in [6.45, 7) is 1.46. The van der Waals surface area contributed by atoms with Crippen LogP contribution in [0.5, 0.6) is 5.75 Å². The SMILES string of the molecule is CNCCCNC(=O)C(Oc1ccc(Cl)cc1)c1ccccc1.Cl. The van der Waals surface area contributed by atoms with Crippen LogP contribution in [0.4, 0.5) is 0 Å². The lowest BCUT2D eigenvalue weighted by molar-refractivity contribution is -0.128. The monoisotopic (exact) mass is 368 g/mol. The van der Waals surface area contributed by atoms with Gasteiger partial charge >= 0.3 is 0 Å². The average molecular weight is 369 g/mol. The van der Waals surface area contributed by atoms with Crippen molar-refractivity contribution < 1.29 is 9.53 Å². The van der Waals surface area contributed by atoms with Crippen molar-refractivity contribution in [2.45, 2.75) is 12.5 Å². The van der Waals surface area contributed by atoms with Crippen LogP contribution in [0.3, 0.4) is 0 Å². The van der Waals surface area contributed by atoms with E-state index in [1.807, 2.05) is 37.4 Å². The Hall–Kier alpha value is -1.75. The molecule has 0 aromatic heterocycles. The lowest BCUT2D eigenvalue weighted by Crippen LogP contribution is -2.34. The Morgan fingerprint density at radius 1 is 1.08 bits per heavy atom. The van der Waals surface area contributed by atoms with Crippen LogP contribution in [0.15, 0.2) is 54.6 Å². The van der Waals surface area contributed by atoms with Gasteiger partial charge in [0, 0.05) is 17.1 Å². The van der Waals surface area contributed by atoms with Crippen molar-refractivity contribution in [3.05, 3.63) is 65.2 Å². The van der Waals surface area contributed by atoms with Crippen LogP contribution >= 0.6 is 24.0 Å². The molecule has 0 saturated carbocycles. The molecule has 1 unspecified atom stereocenters. The van der Waals surface area contributed by atoms with Crippen molar-refractivity contribution in [2.75, 3.05) is 20.1 Å². The molecule has 0 aliphatic rings. The van der Waals surface area contributed by atoms with E-state index in [4.69, 9.17) is 16.3 Å². The Morgan fingerprint density at radius 2 is 1.75 bits per heavy atom. The highest BCUT2D eigenvalue weighted by molar-refractivity contribution is 6.30. The topological polar surface area (TPSA) is 50.4 Å². The predicted octanol–water partition coefficient (Wildman–Crippen LogP) is 3.61. The Morgan fingerprint density at radius 3 is 2.38 bits per heavy atom. The number of hydrogen-bond donors (Lipinski definition) is 2. The molecular weight excluding hydrogens is 347 g/mol. The van der Waals surface area contributed by atoms with Gasteiger partial charge in [-0.25, -0.2) is 0 Å². The van der Waals surface area contributed by atoms with Gasteiger partial charge in [-0.1, -0.05) is 41.9 Å². The van der Waals surface area contributed by atoms with E-state index in [0.717, 1.165) is 18.5 Å². The number of benzene rings is 2. The molecule has 2 aromatic rings. The molecule has 6 heteroatoms. The molecule has 0 fully saturated rings. The predicted molar refractivity (Wildman–Crippen MR) is 100 cm³/mol. The quantitative estimate of drug-likeness (QED) is 0.699. The first-order valence-corrected chi connectivity index (χ1v) is 7.98. The van der Waals surface area contributed by atoms with Gasteiger partial charge in [0.2, 0.25) is 6.10 Å². The van der Waals surface area contributed by atoms with Gasteiger partial charge in [-0.05, 0) is 44.3 Å². The standard InChI is InChI=1S/C18H21ClN2O2.ClH/c1-20-12-5-13-21-18(22)17(14-6-3-2-4-7-14)23-16-10-8-15(19)9-11-16;/h2-4,6-11,17,20H,5,12-13H2,1H3,(H,21,22);1H. The second-order valence-corrected chi connectivity index (χ2v) is 5.55. The lowest BCUT2D eigenvalue weighted by atomic mass is 10.1. The van der Waals surface area contributed by atoms with Gasteiger partial charge in [-0.3, -0.25) is 4.79 Å². The van der Waals surface area contributed by atoms with Gasteiger partial charge in [0.15, 0.2) is 0 Å². The summed E-state index contributed by atoms with van der Waals surface area (Å²) in [4.78, 5) is 12.5. The molecule has 0 spiro atoms. The highest BCUT2D eigenvalue weighted by atomic mass is 35.5. The van der Waals surface area contributed by atoms with Gasteiger partial charge in [-0.2, -0.15) is 0 Å². The maximum Gasteiger partial charge on any atom is 0.265 e. The molecule has 2 aromatic carbocycles. The summed E-state index contributed by atoms with van der Waals surface area (Å²) in [7, 11) is 1.89. The molecule has 24 heavy (non-hydrogen) atoms. The third-order valence-corrected chi connectivity index (χ3v) is 3.56. The van der Waals surface area contributed by atoms with Crippen LogP contribution in [0, 0.1) is 0 Å². The molecule has 2 N–H and O–H groups in total. The molecule has 1 amide bonds. The molecule has 0 bridgehead atoms. The number of ether oxygens (including phenoxy) is 1. The summed E-state index contributed by atoms with van der Waals surface area (Å²) in [6, 6.07) is 16.4. The smallest absolute Gasteiger partial charge is 0.265 e. The number of nitrogens with one attached hydrogen (secondary N) is 2. The van der Waals surface area contributed by atoms with Gasteiger partial charge in [0.1, 0.15) is 5.75 Å². The highest BCUT2D eigenvalue weighted by Crippen LogP contribution is 2.23. The molecule has 0 saturated heterocycles. The number of hydrogen-bond acceptors (Lipinski definition) is 3. The summed E-state index contributed by atoms with van der Waals surface area (Å²) in [5.41, 5.74) is 0.813. The maximum absolute atomic E-state index is 12.5. The minimum absolute atomic E-state index is 0. The van der Waals surface area contributed by atoms with E-state index in [0.29, 0.717) is 17.3 Å². The summed E-state index contributed by atoms with van der Waals surface area (Å²) in [6.07, 6.45) is 0.178. The second kappa shape index (κ2) is 10.9. The molecule has 2 rings (SSSR count). The first-order valence-electron chi connectivity index (χ1n) is 7.60. The fourth-order valence-electron chi connectivity index (χ4n) is 2.12. The van der Waals surface area contributed by atoms with Crippen LogP contribution in [-0.2, 0) is 4.79 Å². The summed E-state index contributed by atoms with van der Waals surface area (Å²) in [5.74, 6) is 0.455. The molecule has 1 atom stereocenters. The second-order valence-electron chi connectivity index (χ2n) is 5.11. The number of amides is 1. The maximum atomic E-state index is 12.5. The van der Waals surface area contributed by atoms with Crippen molar-refractivity contribution in [1.29, 1.82) is 0 Å².